The van der Waals surface area contributed by atoms with Gasteiger partial charge >= 0.3 is 0 Å². The molecule has 0 saturated heterocycles. The van der Waals surface area contributed by atoms with E-state index in [-0.39, 0.29) is 5.02 Å². The summed E-state index contributed by atoms with van der Waals surface area (Å²) in [4.78, 5) is 0. The lowest BCUT2D eigenvalue weighted by Crippen LogP contribution is -2.12. The van der Waals surface area contributed by atoms with Crippen LogP contribution in [0.15, 0.2) is 42.5 Å². The second kappa shape index (κ2) is 6.33. The van der Waals surface area contributed by atoms with Crippen LogP contribution in [-0.4, -0.2) is 0 Å². The van der Waals surface area contributed by atoms with E-state index >= 15 is 0 Å². The van der Waals surface area contributed by atoms with Crippen molar-refractivity contribution < 1.29 is 4.39 Å². The number of rotatable bonds is 4. The predicted octanol–water partition coefficient (Wildman–Crippen LogP) is 3.64. The van der Waals surface area contributed by atoms with E-state index in [9.17, 15) is 4.39 Å². The van der Waals surface area contributed by atoms with Gasteiger partial charge in [-0.05, 0) is 35.4 Å². The first-order valence-corrected chi connectivity index (χ1v) is 6.20. The first-order valence-electron chi connectivity index (χ1n) is 5.83. The summed E-state index contributed by atoms with van der Waals surface area (Å²) in [6, 6.07) is 14.1. The standard InChI is InChI=1S/C15H12ClFN2/c16-14-7-13(5-6-15(14)17)10-19-9-12-3-1-11(8-18)2-4-12/h1-7,19H,9-10H2. The van der Waals surface area contributed by atoms with Crippen LogP contribution >= 0.6 is 11.6 Å². The van der Waals surface area contributed by atoms with Crippen LogP contribution < -0.4 is 5.32 Å². The summed E-state index contributed by atoms with van der Waals surface area (Å²) >= 11 is 5.71. The molecule has 96 valence electrons. The lowest BCUT2D eigenvalue weighted by molar-refractivity contribution is 0.625. The number of hydrogen-bond acceptors (Lipinski definition) is 2. The molecule has 2 rings (SSSR count). The maximum atomic E-state index is 13.0. The van der Waals surface area contributed by atoms with Crippen molar-refractivity contribution in [1.82, 2.24) is 5.32 Å². The van der Waals surface area contributed by atoms with Gasteiger partial charge in [-0.1, -0.05) is 29.8 Å². The molecule has 19 heavy (non-hydrogen) atoms. The van der Waals surface area contributed by atoms with E-state index in [0.29, 0.717) is 18.7 Å². The quantitative estimate of drug-likeness (QED) is 0.924. The minimum absolute atomic E-state index is 0.137. The van der Waals surface area contributed by atoms with Gasteiger partial charge in [-0.25, -0.2) is 4.39 Å². The Morgan fingerprint density at radius 2 is 1.68 bits per heavy atom. The van der Waals surface area contributed by atoms with Crippen molar-refractivity contribution in [2.24, 2.45) is 0 Å². The molecule has 0 amide bonds. The Kier molecular flexibility index (Phi) is 4.51. The van der Waals surface area contributed by atoms with E-state index in [1.54, 1.807) is 24.3 Å². The Morgan fingerprint density at radius 3 is 2.32 bits per heavy atom. The van der Waals surface area contributed by atoms with Gasteiger partial charge in [0.15, 0.2) is 0 Å². The molecule has 0 aliphatic carbocycles. The lowest BCUT2D eigenvalue weighted by atomic mass is 10.1. The highest BCUT2D eigenvalue weighted by Crippen LogP contribution is 2.15. The van der Waals surface area contributed by atoms with Gasteiger partial charge in [-0.3, -0.25) is 0 Å². The SMILES string of the molecule is N#Cc1ccc(CNCc2ccc(F)c(Cl)c2)cc1. The summed E-state index contributed by atoms with van der Waals surface area (Å²) in [5.74, 6) is -0.405. The van der Waals surface area contributed by atoms with Crippen LogP contribution in [0.1, 0.15) is 16.7 Å². The molecule has 0 fully saturated rings. The van der Waals surface area contributed by atoms with Crippen molar-refractivity contribution in [3.05, 3.63) is 70.0 Å². The number of hydrogen-bond donors (Lipinski definition) is 1. The molecule has 0 unspecified atom stereocenters. The molecule has 0 spiro atoms. The number of benzene rings is 2. The van der Waals surface area contributed by atoms with E-state index in [1.165, 1.54) is 6.07 Å². The van der Waals surface area contributed by atoms with Crippen LogP contribution in [0.5, 0.6) is 0 Å². The van der Waals surface area contributed by atoms with Crippen LogP contribution in [0.2, 0.25) is 5.02 Å². The van der Waals surface area contributed by atoms with Crippen molar-refractivity contribution in [2.75, 3.05) is 0 Å². The first-order chi connectivity index (χ1) is 9.19. The fourth-order valence-corrected chi connectivity index (χ4v) is 1.90. The molecule has 4 heteroatoms. The Bertz CT molecular complexity index is 603. The van der Waals surface area contributed by atoms with Crippen LogP contribution in [0.3, 0.4) is 0 Å². The summed E-state index contributed by atoms with van der Waals surface area (Å²) < 4.78 is 13.0. The molecule has 0 atom stereocenters. The van der Waals surface area contributed by atoms with Crippen molar-refractivity contribution in [3.8, 4) is 6.07 Å². The fraction of sp³-hybridized carbons (Fsp3) is 0.133. The second-order valence-electron chi connectivity index (χ2n) is 4.16. The normalized spacial score (nSPS) is 10.2. The molecule has 0 aromatic heterocycles. The smallest absolute Gasteiger partial charge is 0.141 e. The van der Waals surface area contributed by atoms with E-state index in [2.05, 4.69) is 11.4 Å². The molecule has 2 aromatic rings. The highest BCUT2D eigenvalue weighted by atomic mass is 35.5. The van der Waals surface area contributed by atoms with Crippen molar-refractivity contribution >= 4 is 11.6 Å². The average Bonchev–Trinajstić information content (AvgIpc) is 2.43. The maximum absolute atomic E-state index is 13.0. The molecule has 0 heterocycles. The largest absolute Gasteiger partial charge is 0.309 e. The molecule has 2 nitrogen and oxygen atoms in total. The molecule has 0 radical (unpaired) electrons. The minimum Gasteiger partial charge on any atom is -0.309 e. The summed E-state index contributed by atoms with van der Waals surface area (Å²) in [7, 11) is 0. The third-order valence-electron chi connectivity index (χ3n) is 2.73. The van der Waals surface area contributed by atoms with Gasteiger partial charge in [0.25, 0.3) is 0 Å². The van der Waals surface area contributed by atoms with Crippen LogP contribution in [-0.2, 0) is 13.1 Å². The van der Waals surface area contributed by atoms with Crippen LogP contribution in [0, 0.1) is 17.1 Å². The summed E-state index contributed by atoms with van der Waals surface area (Å²) in [5.41, 5.74) is 2.67. The third-order valence-corrected chi connectivity index (χ3v) is 3.01. The van der Waals surface area contributed by atoms with E-state index in [1.807, 2.05) is 12.1 Å². The molecule has 0 aliphatic heterocycles. The van der Waals surface area contributed by atoms with Crippen molar-refractivity contribution in [2.45, 2.75) is 13.1 Å². The molecule has 0 saturated carbocycles. The minimum atomic E-state index is -0.405. The second-order valence-corrected chi connectivity index (χ2v) is 4.57. The Balaban J connectivity index is 1.89. The van der Waals surface area contributed by atoms with Gasteiger partial charge in [0.2, 0.25) is 0 Å². The monoisotopic (exact) mass is 274 g/mol. The summed E-state index contributed by atoms with van der Waals surface area (Å²) in [6.45, 7) is 1.29. The van der Waals surface area contributed by atoms with Gasteiger partial charge in [-0.2, -0.15) is 5.26 Å². The Hall–Kier alpha value is -1.89. The zero-order valence-corrected chi connectivity index (χ0v) is 10.9. The van der Waals surface area contributed by atoms with Crippen molar-refractivity contribution in [1.29, 1.82) is 5.26 Å². The summed E-state index contributed by atoms with van der Waals surface area (Å²) in [6.07, 6.45) is 0. The topological polar surface area (TPSA) is 35.8 Å². The fourth-order valence-electron chi connectivity index (χ4n) is 1.70. The van der Waals surface area contributed by atoms with Gasteiger partial charge < -0.3 is 5.32 Å². The van der Waals surface area contributed by atoms with E-state index in [0.717, 1.165) is 11.1 Å². The highest BCUT2D eigenvalue weighted by molar-refractivity contribution is 6.30. The van der Waals surface area contributed by atoms with Gasteiger partial charge in [0, 0.05) is 13.1 Å². The average molecular weight is 275 g/mol. The van der Waals surface area contributed by atoms with Crippen LogP contribution in [0.25, 0.3) is 0 Å². The molecule has 1 N–H and O–H groups in total. The number of nitrogens with zero attached hydrogens (tertiary/aromatic N) is 1. The molecule has 2 aromatic carbocycles. The Labute approximate surface area is 116 Å². The van der Waals surface area contributed by atoms with Crippen LogP contribution in [0.4, 0.5) is 4.39 Å². The van der Waals surface area contributed by atoms with Gasteiger partial charge in [0.1, 0.15) is 5.82 Å². The number of halogens is 2. The lowest BCUT2D eigenvalue weighted by Gasteiger charge is -2.06. The number of nitriles is 1. The van der Waals surface area contributed by atoms with E-state index < -0.39 is 5.82 Å². The molecule has 0 bridgehead atoms. The first kappa shape index (κ1) is 13.5. The van der Waals surface area contributed by atoms with Crippen molar-refractivity contribution in [3.63, 3.8) is 0 Å². The zero-order chi connectivity index (χ0) is 13.7. The van der Waals surface area contributed by atoms with E-state index in [4.69, 9.17) is 16.9 Å². The number of nitrogens with one attached hydrogen (secondary N) is 1. The molecular formula is C15H12ClFN2. The zero-order valence-electron chi connectivity index (χ0n) is 10.2. The summed E-state index contributed by atoms with van der Waals surface area (Å²) in [5, 5.41) is 12.1. The highest BCUT2D eigenvalue weighted by Gasteiger charge is 2.00. The molecular weight excluding hydrogens is 263 g/mol. The van der Waals surface area contributed by atoms with Gasteiger partial charge in [-0.15, -0.1) is 0 Å². The Morgan fingerprint density at radius 1 is 1.05 bits per heavy atom. The molecule has 0 aliphatic rings. The third kappa shape index (κ3) is 3.78. The predicted molar refractivity (Wildman–Crippen MR) is 73.1 cm³/mol. The maximum Gasteiger partial charge on any atom is 0.141 e. The van der Waals surface area contributed by atoms with Gasteiger partial charge in [0.05, 0.1) is 16.7 Å².